The Hall–Kier alpha value is -1.39. The van der Waals surface area contributed by atoms with Crippen LogP contribution in [0.1, 0.15) is 16.1 Å². The zero-order valence-corrected chi connectivity index (χ0v) is 11.9. The molecule has 3 nitrogen and oxygen atoms in total. The summed E-state index contributed by atoms with van der Waals surface area (Å²) in [5, 5.41) is 3.42. The van der Waals surface area contributed by atoms with Gasteiger partial charge < -0.3 is 5.32 Å². The van der Waals surface area contributed by atoms with Gasteiger partial charge in [-0.15, -0.1) is 0 Å². The lowest BCUT2D eigenvalue weighted by molar-refractivity contribution is 0.102. The highest BCUT2D eigenvalue weighted by Gasteiger charge is 2.11. The molecule has 0 aliphatic heterocycles. The second-order valence-electron chi connectivity index (χ2n) is 3.71. The fourth-order valence-electron chi connectivity index (χ4n) is 1.50. The van der Waals surface area contributed by atoms with Gasteiger partial charge in [-0.2, -0.15) is 0 Å². The number of hydrogen-bond donors (Lipinski definition) is 1. The second-order valence-corrected chi connectivity index (χ2v) is 5.01. The lowest BCUT2D eigenvalue weighted by atomic mass is 10.2. The molecule has 0 fully saturated rings. The monoisotopic (exact) mass is 324 g/mol. The highest BCUT2D eigenvalue weighted by molar-refractivity contribution is 9.10. The Bertz CT molecular complexity index is 601. The van der Waals surface area contributed by atoms with Crippen molar-refractivity contribution < 1.29 is 4.79 Å². The number of aryl methyl sites for hydroxylation is 1. The van der Waals surface area contributed by atoms with Crippen molar-refractivity contribution in [3.63, 3.8) is 0 Å². The third-order valence-electron chi connectivity index (χ3n) is 2.43. The van der Waals surface area contributed by atoms with Crippen molar-refractivity contribution in [1.82, 2.24) is 4.98 Å². The molecular weight excluding hydrogens is 316 g/mol. The Kier molecular flexibility index (Phi) is 3.99. The third-order valence-corrected chi connectivity index (χ3v) is 3.32. The number of halogens is 2. The fraction of sp³-hybridized carbons (Fsp3) is 0.0769. The summed E-state index contributed by atoms with van der Waals surface area (Å²) in [5.74, 6) is -0.191. The lowest BCUT2D eigenvalue weighted by Gasteiger charge is -2.08. The van der Waals surface area contributed by atoms with E-state index in [0.29, 0.717) is 22.0 Å². The zero-order valence-electron chi connectivity index (χ0n) is 9.58. The molecule has 0 saturated heterocycles. The van der Waals surface area contributed by atoms with Crippen molar-refractivity contribution in [2.45, 2.75) is 6.92 Å². The average molecular weight is 326 g/mol. The fourth-order valence-corrected chi connectivity index (χ4v) is 2.29. The van der Waals surface area contributed by atoms with Crippen LogP contribution < -0.4 is 5.32 Å². The topological polar surface area (TPSA) is 42.0 Å². The summed E-state index contributed by atoms with van der Waals surface area (Å²) in [5.41, 5.74) is 1.92. The van der Waals surface area contributed by atoms with E-state index in [-0.39, 0.29) is 5.91 Å². The number of carbonyl (C=O) groups is 1. The molecule has 92 valence electrons. The maximum Gasteiger partial charge on any atom is 0.257 e. The van der Waals surface area contributed by atoms with Gasteiger partial charge in [0.05, 0.1) is 11.3 Å². The van der Waals surface area contributed by atoms with Crippen LogP contribution in [0.5, 0.6) is 0 Å². The van der Waals surface area contributed by atoms with E-state index in [1.165, 1.54) is 0 Å². The van der Waals surface area contributed by atoms with Crippen LogP contribution in [0.15, 0.2) is 41.0 Å². The van der Waals surface area contributed by atoms with Gasteiger partial charge in [0.1, 0.15) is 0 Å². The summed E-state index contributed by atoms with van der Waals surface area (Å²) in [6.07, 6.45) is 1.66. The maximum atomic E-state index is 12.1. The minimum Gasteiger partial charge on any atom is -0.321 e. The molecule has 18 heavy (non-hydrogen) atoms. The van der Waals surface area contributed by atoms with Crippen LogP contribution in [0.3, 0.4) is 0 Å². The van der Waals surface area contributed by atoms with Gasteiger partial charge in [-0.05, 0) is 53.2 Å². The molecular formula is C13H10BrClN2O. The van der Waals surface area contributed by atoms with Crippen LogP contribution in [0, 0.1) is 6.92 Å². The molecule has 1 aromatic carbocycles. The highest BCUT2D eigenvalue weighted by atomic mass is 79.9. The van der Waals surface area contributed by atoms with E-state index in [2.05, 4.69) is 26.2 Å². The predicted molar refractivity (Wildman–Crippen MR) is 76.1 cm³/mol. The Morgan fingerprint density at radius 3 is 2.83 bits per heavy atom. The number of hydrogen-bond acceptors (Lipinski definition) is 2. The third kappa shape index (κ3) is 2.89. The minimum absolute atomic E-state index is 0.191. The molecule has 2 rings (SSSR count). The standard InChI is InChI=1S/C13H10BrClN2O/c1-8-10(3-2-6-16-8)13(18)17-12-5-4-9(15)7-11(12)14/h2-7H,1H3,(H,17,18). The molecule has 5 heteroatoms. The molecule has 0 spiro atoms. The van der Waals surface area contributed by atoms with Crippen molar-refractivity contribution in [2.24, 2.45) is 0 Å². The molecule has 0 aliphatic rings. The van der Waals surface area contributed by atoms with Crippen molar-refractivity contribution in [3.05, 3.63) is 57.3 Å². The van der Waals surface area contributed by atoms with Gasteiger partial charge in [-0.25, -0.2) is 0 Å². The molecule has 0 atom stereocenters. The number of nitrogens with zero attached hydrogens (tertiary/aromatic N) is 1. The smallest absolute Gasteiger partial charge is 0.257 e. The van der Waals surface area contributed by atoms with Crippen LogP contribution in [0.25, 0.3) is 0 Å². The Balaban J connectivity index is 2.24. The minimum atomic E-state index is -0.191. The summed E-state index contributed by atoms with van der Waals surface area (Å²) >= 11 is 9.19. The van der Waals surface area contributed by atoms with Gasteiger partial charge in [0.15, 0.2) is 0 Å². The van der Waals surface area contributed by atoms with Crippen LogP contribution >= 0.6 is 27.5 Å². The van der Waals surface area contributed by atoms with Crippen LogP contribution in [0.4, 0.5) is 5.69 Å². The number of pyridine rings is 1. The molecule has 0 bridgehead atoms. The van der Waals surface area contributed by atoms with Gasteiger partial charge in [-0.1, -0.05) is 11.6 Å². The number of nitrogens with one attached hydrogen (secondary N) is 1. The van der Waals surface area contributed by atoms with E-state index in [0.717, 1.165) is 4.47 Å². The number of anilines is 1. The summed E-state index contributed by atoms with van der Waals surface area (Å²) < 4.78 is 0.741. The quantitative estimate of drug-likeness (QED) is 0.905. The molecule has 0 saturated carbocycles. The number of aromatic nitrogens is 1. The van der Waals surface area contributed by atoms with Crippen LogP contribution in [-0.2, 0) is 0 Å². The zero-order chi connectivity index (χ0) is 13.1. The first kappa shape index (κ1) is 13.1. The number of amides is 1. The molecule has 0 unspecified atom stereocenters. The number of carbonyl (C=O) groups excluding carboxylic acids is 1. The molecule has 1 amide bonds. The first-order chi connectivity index (χ1) is 8.58. The van der Waals surface area contributed by atoms with Crippen LogP contribution in [0.2, 0.25) is 5.02 Å². The molecule has 1 N–H and O–H groups in total. The van der Waals surface area contributed by atoms with E-state index in [9.17, 15) is 4.79 Å². The average Bonchev–Trinajstić information content (AvgIpc) is 2.33. The normalized spacial score (nSPS) is 10.2. The molecule has 0 radical (unpaired) electrons. The van der Waals surface area contributed by atoms with Crippen molar-refractivity contribution in [3.8, 4) is 0 Å². The highest BCUT2D eigenvalue weighted by Crippen LogP contribution is 2.26. The Morgan fingerprint density at radius 1 is 1.39 bits per heavy atom. The van der Waals surface area contributed by atoms with E-state index in [4.69, 9.17) is 11.6 Å². The van der Waals surface area contributed by atoms with Gasteiger partial charge in [0.2, 0.25) is 0 Å². The van der Waals surface area contributed by atoms with Crippen LogP contribution in [-0.4, -0.2) is 10.9 Å². The maximum absolute atomic E-state index is 12.1. The first-order valence-corrected chi connectivity index (χ1v) is 6.43. The van der Waals surface area contributed by atoms with Crippen molar-refractivity contribution in [1.29, 1.82) is 0 Å². The van der Waals surface area contributed by atoms with Gasteiger partial charge in [0, 0.05) is 21.4 Å². The summed E-state index contributed by atoms with van der Waals surface area (Å²) in [7, 11) is 0. The Morgan fingerprint density at radius 2 is 2.17 bits per heavy atom. The summed E-state index contributed by atoms with van der Waals surface area (Å²) in [4.78, 5) is 16.2. The molecule has 1 aromatic heterocycles. The van der Waals surface area contributed by atoms with E-state index >= 15 is 0 Å². The largest absolute Gasteiger partial charge is 0.321 e. The lowest BCUT2D eigenvalue weighted by Crippen LogP contribution is -2.14. The van der Waals surface area contributed by atoms with Gasteiger partial charge in [-0.3, -0.25) is 9.78 Å². The Labute approximate surface area is 118 Å². The van der Waals surface area contributed by atoms with Crippen molar-refractivity contribution in [2.75, 3.05) is 5.32 Å². The SMILES string of the molecule is Cc1ncccc1C(=O)Nc1ccc(Cl)cc1Br. The van der Waals surface area contributed by atoms with E-state index < -0.39 is 0 Å². The second kappa shape index (κ2) is 5.50. The molecule has 2 aromatic rings. The molecule has 1 heterocycles. The summed E-state index contributed by atoms with van der Waals surface area (Å²) in [6.45, 7) is 1.80. The first-order valence-electron chi connectivity index (χ1n) is 5.26. The number of rotatable bonds is 2. The van der Waals surface area contributed by atoms with Crippen molar-refractivity contribution >= 4 is 39.1 Å². The van der Waals surface area contributed by atoms with Gasteiger partial charge >= 0.3 is 0 Å². The van der Waals surface area contributed by atoms with Gasteiger partial charge in [0.25, 0.3) is 5.91 Å². The predicted octanol–water partition coefficient (Wildman–Crippen LogP) is 4.06. The number of benzene rings is 1. The van der Waals surface area contributed by atoms with E-state index in [1.54, 1.807) is 43.5 Å². The summed E-state index contributed by atoms with van der Waals surface area (Å²) in [6, 6.07) is 8.67. The van der Waals surface area contributed by atoms with E-state index in [1.807, 2.05) is 0 Å². The molecule has 0 aliphatic carbocycles.